The van der Waals surface area contributed by atoms with Crippen LogP contribution in [0.15, 0.2) is 42.5 Å². The van der Waals surface area contributed by atoms with E-state index in [9.17, 15) is 14.7 Å². The summed E-state index contributed by atoms with van der Waals surface area (Å²) in [5, 5.41) is 15.5. The van der Waals surface area contributed by atoms with E-state index in [0.29, 0.717) is 12.2 Å². The SMILES string of the molecule is CCC(C)C(=O)Nc1cccc(CNC(=O)c2ccc(C)cc2O)c1. The van der Waals surface area contributed by atoms with E-state index in [1.165, 1.54) is 0 Å². The van der Waals surface area contributed by atoms with Gasteiger partial charge in [0.15, 0.2) is 0 Å². The van der Waals surface area contributed by atoms with Gasteiger partial charge in [-0.05, 0) is 48.7 Å². The first kappa shape index (κ1) is 18.5. The molecule has 0 spiro atoms. The van der Waals surface area contributed by atoms with Crippen molar-refractivity contribution in [1.82, 2.24) is 5.32 Å². The molecule has 0 aliphatic carbocycles. The van der Waals surface area contributed by atoms with Crippen LogP contribution in [0.1, 0.15) is 41.8 Å². The minimum Gasteiger partial charge on any atom is -0.507 e. The standard InChI is InChI=1S/C20H24N2O3/c1-4-14(3)19(24)22-16-7-5-6-15(11-16)12-21-20(25)17-9-8-13(2)10-18(17)23/h5-11,14,23H,4,12H2,1-3H3,(H,21,25)(H,22,24). The first-order valence-corrected chi connectivity index (χ1v) is 8.38. The Morgan fingerprint density at radius 2 is 1.92 bits per heavy atom. The number of benzene rings is 2. The van der Waals surface area contributed by atoms with Crippen LogP contribution in [0.4, 0.5) is 5.69 Å². The lowest BCUT2D eigenvalue weighted by molar-refractivity contribution is -0.119. The summed E-state index contributed by atoms with van der Waals surface area (Å²) in [7, 11) is 0. The fraction of sp³-hybridized carbons (Fsp3) is 0.300. The molecule has 2 rings (SSSR count). The van der Waals surface area contributed by atoms with Crippen LogP contribution >= 0.6 is 0 Å². The number of aromatic hydroxyl groups is 1. The summed E-state index contributed by atoms with van der Waals surface area (Å²) in [4.78, 5) is 24.2. The van der Waals surface area contributed by atoms with Crippen LogP contribution in [0, 0.1) is 12.8 Å². The quantitative estimate of drug-likeness (QED) is 0.751. The van der Waals surface area contributed by atoms with Gasteiger partial charge in [0.1, 0.15) is 5.75 Å². The van der Waals surface area contributed by atoms with Gasteiger partial charge in [-0.3, -0.25) is 9.59 Å². The molecule has 0 aliphatic rings. The Hall–Kier alpha value is -2.82. The number of amides is 2. The highest BCUT2D eigenvalue weighted by atomic mass is 16.3. The highest BCUT2D eigenvalue weighted by molar-refractivity contribution is 5.97. The van der Waals surface area contributed by atoms with E-state index in [4.69, 9.17) is 0 Å². The zero-order valence-electron chi connectivity index (χ0n) is 14.8. The molecule has 0 aromatic heterocycles. The Morgan fingerprint density at radius 1 is 1.16 bits per heavy atom. The second-order valence-electron chi connectivity index (χ2n) is 6.20. The number of hydrogen-bond acceptors (Lipinski definition) is 3. The smallest absolute Gasteiger partial charge is 0.255 e. The number of hydrogen-bond donors (Lipinski definition) is 3. The summed E-state index contributed by atoms with van der Waals surface area (Å²) < 4.78 is 0. The van der Waals surface area contributed by atoms with Crippen LogP contribution in [0.5, 0.6) is 5.75 Å². The van der Waals surface area contributed by atoms with Crippen LogP contribution in [0.3, 0.4) is 0 Å². The number of rotatable bonds is 6. The third-order valence-corrected chi connectivity index (χ3v) is 4.11. The van der Waals surface area contributed by atoms with Crippen LogP contribution in [-0.2, 0) is 11.3 Å². The Morgan fingerprint density at radius 3 is 2.60 bits per heavy atom. The maximum absolute atomic E-state index is 12.2. The number of aryl methyl sites for hydroxylation is 1. The topological polar surface area (TPSA) is 78.4 Å². The summed E-state index contributed by atoms with van der Waals surface area (Å²) >= 11 is 0. The Labute approximate surface area is 148 Å². The molecule has 1 atom stereocenters. The van der Waals surface area contributed by atoms with Crippen molar-refractivity contribution < 1.29 is 14.7 Å². The number of nitrogens with one attached hydrogen (secondary N) is 2. The molecule has 0 aliphatic heterocycles. The number of anilines is 1. The normalized spacial score (nSPS) is 11.6. The summed E-state index contributed by atoms with van der Waals surface area (Å²) in [6, 6.07) is 12.3. The van der Waals surface area contributed by atoms with Gasteiger partial charge in [-0.2, -0.15) is 0 Å². The van der Waals surface area contributed by atoms with E-state index in [1.807, 2.05) is 45.0 Å². The molecule has 25 heavy (non-hydrogen) atoms. The van der Waals surface area contributed by atoms with Crippen LogP contribution < -0.4 is 10.6 Å². The molecule has 5 heteroatoms. The van der Waals surface area contributed by atoms with Crippen molar-refractivity contribution in [3.05, 3.63) is 59.2 Å². The van der Waals surface area contributed by atoms with E-state index in [0.717, 1.165) is 17.5 Å². The van der Waals surface area contributed by atoms with Gasteiger partial charge < -0.3 is 15.7 Å². The minimum absolute atomic E-state index is 0.0201. The lowest BCUT2D eigenvalue weighted by Gasteiger charge is -2.12. The molecule has 0 bridgehead atoms. The van der Waals surface area contributed by atoms with Crippen molar-refractivity contribution in [3.8, 4) is 5.75 Å². The molecule has 1 unspecified atom stereocenters. The molecule has 5 nitrogen and oxygen atoms in total. The Balaban J connectivity index is 2.00. The summed E-state index contributed by atoms with van der Waals surface area (Å²) in [5.41, 5.74) is 2.70. The summed E-state index contributed by atoms with van der Waals surface area (Å²) in [5.74, 6) is -0.445. The van der Waals surface area contributed by atoms with Crippen molar-refractivity contribution in [2.45, 2.75) is 33.7 Å². The van der Waals surface area contributed by atoms with Gasteiger partial charge >= 0.3 is 0 Å². The maximum atomic E-state index is 12.2. The number of phenolic OH excluding ortho intramolecular Hbond substituents is 1. The molecule has 2 amide bonds. The van der Waals surface area contributed by atoms with Crippen molar-refractivity contribution in [2.75, 3.05) is 5.32 Å². The van der Waals surface area contributed by atoms with E-state index in [1.54, 1.807) is 18.2 Å². The van der Waals surface area contributed by atoms with Crippen LogP contribution in [-0.4, -0.2) is 16.9 Å². The lowest BCUT2D eigenvalue weighted by atomic mass is 10.1. The molecule has 0 saturated heterocycles. The first-order valence-electron chi connectivity index (χ1n) is 8.38. The Bertz CT molecular complexity index is 771. The molecule has 2 aromatic rings. The molecular formula is C20H24N2O3. The van der Waals surface area contributed by atoms with Crippen LogP contribution in [0.25, 0.3) is 0 Å². The molecule has 0 heterocycles. The monoisotopic (exact) mass is 340 g/mol. The number of carbonyl (C=O) groups is 2. The second-order valence-corrected chi connectivity index (χ2v) is 6.20. The zero-order valence-corrected chi connectivity index (χ0v) is 14.8. The van der Waals surface area contributed by atoms with Gasteiger partial charge in [-0.1, -0.05) is 32.0 Å². The average Bonchev–Trinajstić information content (AvgIpc) is 2.59. The van der Waals surface area contributed by atoms with Crippen molar-refractivity contribution in [2.24, 2.45) is 5.92 Å². The van der Waals surface area contributed by atoms with E-state index >= 15 is 0 Å². The average molecular weight is 340 g/mol. The zero-order chi connectivity index (χ0) is 18.4. The molecule has 0 saturated carbocycles. The molecule has 132 valence electrons. The van der Waals surface area contributed by atoms with E-state index < -0.39 is 0 Å². The molecule has 2 aromatic carbocycles. The van der Waals surface area contributed by atoms with E-state index in [2.05, 4.69) is 10.6 Å². The van der Waals surface area contributed by atoms with Gasteiger partial charge in [0.2, 0.25) is 5.91 Å². The predicted octanol–water partition coefficient (Wildman–Crippen LogP) is 3.62. The third-order valence-electron chi connectivity index (χ3n) is 4.11. The maximum Gasteiger partial charge on any atom is 0.255 e. The number of carbonyl (C=O) groups excluding carboxylic acids is 2. The minimum atomic E-state index is -0.341. The van der Waals surface area contributed by atoms with Gasteiger partial charge in [0.05, 0.1) is 5.56 Å². The van der Waals surface area contributed by atoms with Crippen LogP contribution in [0.2, 0.25) is 0 Å². The van der Waals surface area contributed by atoms with Crippen molar-refractivity contribution in [1.29, 1.82) is 0 Å². The van der Waals surface area contributed by atoms with Gasteiger partial charge in [-0.15, -0.1) is 0 Å². The van der Waals surface area contributed by atoms with Gasteiger partial charge in [-0.25, -0.2) is 0 Å². The Kier molecular flexibility index (Phi) is 6.17. The fourth-order valence-electron chi connectivity index (χ4n) is 2.32. The highest BCUT2D eigenvalue weighted by Crippen LogP contribution is 2.18. The predicted molar refractivity (Wildman–Crippen MR) is 98.5 cm³/mol. The fourth-order valence-corrected chi connectivity index (χ4v) is 2.32. The third kappa shape index (κ3) is 5.08. The van der Waals surface area contributed by atoms with Crippen molar-refractivity contribution >= 4 is 17.5 Å². The van der Waals surface area contributed by atoms with Gasteiger partial charge in [0, 0.05) is 18.2 Å². The first-order chi connectivity index (χ1) is 11.9. The molecule has 0 radical (unpaired) electrons. The summed E-state index contributed by atoms with van der Waals surface area (Å²) in [6.45, 7) is 6.00. The highest BCUT2D eigenvalue weighted by Gasteiger charge is 2.12. The largest absolute Gasteiger partial charge is 0.507 e. The summed E-state index contributed by atoms with van der Waals surface area (Å²) in [6.07, 6.45) is 0.779. The van der Waals surface area contributed by atoms with Crippen molar-refractivity contribution in [3.63, 3.8) is 0 Å². The molecular weight excluding hydrogens is 316 g/mol. The number of phenols is 1. The molecule has 3 N–H and O–H groups in total. The molecule has 0 fully saturated rings. The lowest BCUT2D eigenvalue weighted by Crippen LogP contribution is -2.23. The second kappa shape index (κ2) is 8.33. The van der Waals surface area contributed by atoms with E-state index in [-0.39, 0.29) is 29.0 Å². The van der Waals surface area contributed by atoms with Gasteiger partial charge in [0.25, 0.3) is 5.91 Å².